The molecule has 7 heteroatoms. The highest BCUT2D eigenvalue weighted by Gasteiger charge is 2.10. The molecule has 0 fully saturated rings. The Labute approximate surface area is 149 Å². The molecule has 2 amide bonds. The lowest BCUT2D eigenvalue weighted by Gasteiger charge is -2.07. The summed E-state index contributed by atoms with van der Waals surface area (Å²) in [5.74, 6) is -1.27. The number of benzene rings is 2. The molecule has 2 rings (SSSR count). The number of esters is 1. The molecule has 0 saturated heterocycles. The van der Waals surface area contributed by atoms with Crippen LogP contribution in [-0.4, -0.2) is 24.3 Å². The average Bonchev–Trinajstić information content (AvgIpc) is 2.59. The molecule has 3 N–H and O–H groups in total. The lowest BCUT2D eigenvalue weighted by Crippen LogP contribution is -2.33. The minimum atomic E-state index is -0.641. The van der Waals surface area contributed by atoms with E-state index in [0.717, 1.165) is 5.56 Å². The van der Waals surface area contributed by atoms with Gasteiger partial charge in [-0.25, -0.2) is 0 Å². The monoisotopic (exact) mass is 360 g/mol. The molecule has 0 heterocycles. The lowest BCUT2D eigenvalue weighted by molar-refractivity contribution is -0.134. The molecule has 130 valence electrons. The van der Waals surface area contributed by atoms with Crippen molar-refractivity contribution < 1.29 is 19.1 Å². The van der Waals surface area contributed by atoms with Crippen LogP contribution in [-0.2, 0) is 16.0 Å². The van der Waals surface area contributed by atoms with E-state index < -0.39 is 17.8 Å². The van der Waals surface area contributed by atoms with E-state index in [0.29, 0.717) is 11.4 Å². The van der Waals surface area contributed by atoms with Crippen molar-refractivity contribution in [3.05, 3.63) is 64.7 Å². The van der Waals surface area contributed by atoms with Gasteiger partial charge in [-0.05, 0) is 42.3 Å². The van der Waals surface area contributed by atoms with E-state index in [4.69, 9.17) is 22.1 Å². The maximum atomic E-state index is 11.9. The first-order valence-corrected chi connectivity index (χ1v) is 7.93. The maximum absolute atomic E-state index is 11.9. The quantitative estimate of drug-likeness (QED) is 0.583. The molecule has 0 aliphatic heterocycles. The number of carbonyl (C=O) groups is 3. The lowest BCUT2D eigenvalue weighted by atomic mass is 10.1. The Morgan fingerprint density at radius 2 is 1.80 bits per heavy atom. The van der Waals surface area contributed by atoms with Gasteiger partial charge in [0, 0.05) is 17.0 Å². The molecule has 0 atom stereocenters. The molecule has 0 unspecified atom stereocenters. The number of hydrogen-bond donors (Lipinski definition) is 2. The molecule has 25 heavy (non-hydrogen) atoms. The van der Waals surface area contributed by atoms with Crippen LogP contribution in [0.3, 0.4) is 0 Å². The minimum absolute atomic E-state index is 0.194. The molecule has 2 aromatic carbocycles. The van der Waals surface area contributed by atoms with Crippen LogP contribution in [0.5, 0.6) is 5.75 Å². The van der Waals surface area contributed by atoms with E-state index >= 15 is 0 Å². The summed E-state index contributed by atoms with van der Waals surface area (Å²) in [6.07, 6.45) is 0.717. The SMILES string of the molecule is NC(=O)CNC(=O)c1cccc(OC(=O)CCc2ccc(Cl)cc2)c1. The van der Waals surface area contributed by atoms with Crippen molar-refractivity contribution >= 4 is 29.4 Å². The van der Waals surface area contributed by atoms with Crippen LogP contribution < -0.4 is 15.8 Å². The number of nitrogens with one attached hydrogen (secondary N) is 1. The Kier molecular flexibility index (Phi) is 6.54. The van der Waals surface area contributed by atoms with Gasteiger partial charge in [-0.1, -0.05) is 29.8 Å². The fourth-order valence-electron chi connectivity index (χ4n) is 2.05. The second-order valence-corrected chi connectivity index (χ2v) is 5.71. The number of ether oxygens (including phenoxy) is 1. The van der Waals surface area contributed by atoms with Gasteiger partial charge in [-0.15, -0.1) is 0 Å². The first-order chi connectivity index (χ1) is 11.9. The van der Waals surface area contributed by atoms with Crippen LogP contribution in [0.4, 0.5) is 0 Å². The molecule has 2 aromatic rings. The number of nitrogens with two attached hydrogens (primary N) is 1. The molecule has 0 radical (unpaired) electrons. The zero-order valence-corrected chi connectivity index (χ0v) is 14.1. The number of hydrogen-bond acceptors (Lipinski definition) is 4. The van der Waals surface area contributed by atoms with Crippen molar-refractivity contribution in [3.63, 3.8) is 0 Å². The number of amides is 2. The molecule has 6 nitrogen and oxygen atoms in total. The smallest absolute Gasteiger partial charge is 0.311 e. The van der Waals surface area contributed by atoms with Gasteiger partial charge in [-0.2, -0.15) is 0 Å². The zero-order valence-electron chi connectivity index (χ0n) is 13.3. The minimum Gasteiger partial charge on any atom is -0.426 e. The highest BCUT2D eigenvalue weighted by atomic mass is 35.5. The van der Waals surface area contributed by atoms with E-state index in [1.807, 2.05) is 12.1 Å². The summed E-state index contributed by atoms with van der Waals surface area (Å²) >= 11 is 5.81. The molecule has 0 aliphatic rings. The number of carbonyl (C=O) groups excluding carboxylic acids is 3. The fourth-order valence-corrected chi connectivity index (χ4v) is 2.18. The van der Waals surface area contributed by atoms with Crippen molar-refractivity contribution in [3.8, 4) is 5.75 Å². The van der Waals surface area contributed by atoms with Gasteiger partial charge in [-0.3, -0.25) is 14.4 Å². The Bertz CT molecular complexity index is 775. The summed E-state index contributed by atoms with van der Waals surface area (Å²) in [6.45, 7) is -0.260. The Morgan fingerprint density at radius 1 is 1.08 bits per heavy atom. The van der Waals surface area contributed by atoms with E-state index in [1.54, 1.807) is 30.3 Å². The summed E-state index contributed by atoms with van der Waals surface area (Å²) in [4.78, 5) is 34.5. The van der Waals surface area contributed by atoms with Crippen LogP contribution in [0.1, 0.15) is 22.3 Å². The van der Waals surface area contributed by atoms with Gasteiger partial charge in [0.25, 0.3) is 5.91 Å². The van der Waals surface area contributed by atoms with Gasteiger partial charge in [0.05, 0.1) is 6.54 Å². The van der Waals surface area contributed by atoms with E-state index in [9.17, 15) is 14.4 Å². The third-order valence-corrected chi connectivity index (χ3v) is 3.53. The number of rotatable bonds is 7. The highest BCUT2D eigenvalue weighted by Crippen LogP contribution is 2.15. The molecular weight excluding hydrogens is 344 g/mol. The fraction of sp³-hybridized carbons (Fsp3) is 0.167. The topological polar surface area (TPSA) is 98.5 Å². The van der Waals surface area contributed by atoms with Gasteiger partial charge in [0.1, 0.15) is 5.75 Å². The van der Waals surface area contributed by atoms with E-state index in [-0.39, 0.29) is 24.3 Å². The summed E-state index contributed by atoms with van der Waals surface area (Å²) in [5, 5.41) is 3.00. The number of aryl methyl sites for hydroxylation is 1. The molecule has 0 bridgehead atoms. The van der Waals surface area contributed by atoms with Crippen molar-refractivity contribution in [2.45, 2.75) is 12.8 Å². The third-order valence-electron chi connectivity index (χ3n) is 3.28. The Hall–Kier alpha value is -2.86. The van der Waals surface area contributed by atoms with Crippen LogP contribution in [0, 0.1) is 0 Å². The maximum Gasteiger partial charge on any atom is 0.311 e. The van der Waals surface area contributed by atoms with Gasteiger partial charge >= 0.3 is 5.97 Å². The molecule has 0 saturated carbocycles. The normalized spacial score (nSPS) is 10.1. The predicted molar refractivity (Wildman–Crippen MR) is 93.4 cm³/mol. The second kappa shape index (κ2) is 8.84. The summed E-state index contributed by atoms with van der Waals surface area (Å²) in [5.41, 5.74) is 6.21. The molecule has 0 spiro atoms. The Balaban J connectivity index is 1.89. The van der Waals surface area contributed by atoms with Crippen molar-refractivity contribution in [2.75, 3.05) is 6.54 Å². The number of halogens is 1. The van der Waals surface area contributed by atoms with E-state index in [2.05, 4.69) is 5.32 Å². The zero-order chi connectivity index (χ0) is 18.2. The average molecular weight is 361 g/mol. The summed E-state index contributed by atoms with van der Waals surface area (Å²) < 4.78 is 5.24. The first kappa shape index (κ1) is 18.5. The first-order valence-electron chi connectivity index (χ1n) is 7.56. The third kappa shape index (κ3) is 6.27. The second-order valence-electron chi connectivity index (χ2n) is 5.28. The van der Waals surface area contributed by atoms with Crippen LogP contribution in [0.2, 0.25) is 5.02 Å². The van der Waals surface area contributed by atoms with Crippen molar-refractivity contribution in [1.29, 1.82) is 0 Å². The molecular formula is C18H17ClN2O4. The van der Waals surface area contributed by atoms with Crippen LogP contribution in [0.15, 0.2) is 48.5 Å². The molecule has 0 aromatic heterocycles. The van der Waals surface area contributed by atoms with Crippen LogP contribution in [0.25, 0.3) is 0 Å². The van der Waals surface area contributed by atoms with Gasteiger partial charge < -0.3 is 15.8 Å². The Morgan fingerprint density at radius 3 is 2.48 bits per heavy atom. The highest BCUT2D eigenvalue weighted by molar-refractivity contribution is 6.30. The molecule has 0 aliphatic carbocycles. The van der Waals surface area contributed by atoms with Crippen molar-refractivity contribution in [1.82, 2.24) is 5.32 Å². The van der Waals surface area contributed by atoms with E-state index in [1.165, 1.54) is 6.07 Å². The van der Waals surface area contributed by atoms with Gasteiger partial charge in [0.15, 0.2) is 0 Å². The van der Waals surface area contributed by atoms with Crippen LogP contribution >= 0.6 is 11.6 Å². The standard InChI is InChI=1S/C18H17ClN2O4/c19-14-7-4-12(5-8-14)6-9-17(23)25-15-3-1-2-13(10-15)18(24)21-11-16(20)22/h1-5,7-8,10H,6,9,11H2,(H2,20,22)(H,21,24). The number of primary amides is 1. The van der Waals surface area contributed by atoms with Crippen molar-refractivity contribution in [2.24, 2.45) is 5.73 Å². The summed E-state index contributed by atoms with van der Waals surface area (Å²) in [7, 11) is 0. The van der Waals surface area contributed by atoms with Gasteiger partial charge in [0.2, 0.25) is 5.91 Å². The summed E-state index contributed by atoms with van der Waals surface area (Å²) in [6, 6.07) is 13.3. The predicted octanol–water partition coefficient (Wildman–Crippen LogP) is 2.09. The largest absolute Gasteiger partial charge is 0.426 e.